The van der Waals surface area contributed by atoms with Crippen molar-refractivity contribution in [2.75, 3.05) is 11.1 Å². The third kappa shape index (κ3) is 3.62. The molecular formula is C17H14N6O2S2. The van der Waals surface area contributed by atoms with E-state index in [4.69, 9.17) is 4.42 Å². The summed E-state index contributed by atoms with van der Waals surface area (Å²) in [5, 5.41) is 19.4. The summed E-state index contributed by atoms with van der Waals surface area (Å²) < 4.78 is 7.88. The predicted octanol–water partition coefficient (Wildman–Crippen LogP) is 3.74. The molecule has 0 fully saturated rings. The second-order valence-corrected chi connectivity index (χ2v) is 7.76. The topological polar surface area (TPSA) is 98.7 Å². The Morgan fingerprint density at radius 3 is 2.78 bits per heavy atom. The van der Waals surface area contributed by atoms with Crippen LogP contribution >= 0.6 is 23.1 Å². The van der Waals surface area contributed by atoms with E-state index in [0.717, 1.165) is 15.8 Å². The third-order valence-corrected chi connectivity index (χ3v) is 5.39. The lowest BCUT2D eigenvalue weighted by Crippen LogP contribution is -2.14. The highest BCUT2D eigenvalue weighted by molar-refractivity contribution is 8.01. The van der Waals surface area contributed by atoms with Crippen LogP contribution in [-0.4, -0.2) is 36.9 Å². The van der Waals surface area contributed by atoms with Gasteiger partial charge in [-0.05, 0) is 30.0 Å². The molecule has 0 aliphatic rings. The van der Waals surface area contributed by atoms with Gasteiger partial charge in [0, 0.05) is 0 Å². The minimum Gasteiger partial charge on any atom is -0.463 e. The van der Waals surface area contributed by atoms with Crippen molar-refractivity contribution in [3.8, 4) is 17.1 Å². The lowest BCUT2D eigenvalue weighted by Gasteiger charge is -2.05. The molecule has 1 aromatic carbocycles. The Morgan fingerprint density at radius 2 is 2.04 bits per heavy atom. The second kappa shape index (κ2) is 7.72. The monoisotopic (exact) mass is 398 g/mol. The van der Waals surface area contributed by atoms with Gasteiger partial charge < -0.3 is 4.42 Å². The number of thioether (sulfide) groups is 1. The van der Waals surface area contributed by atoms with E-state index in [-0.39, 0.29) is 5.69 Å². The molecule has 0 saturated carbocycles. The first-order chi connectivity index (χ1) is 13.3. The van der Waals surface area contributed by atoms with Crippen LogP contribution in [0.3, 0.4) is 0 Å². The van der Waals surface area contributed by atoms with Crippen LogP contribution in [0.15, 0.2) is 57.5 Å². The molecule has 3 heterocycles. The number of hydrogen-bond acceptors (Lipinski definition) is 8. The predicted molar refractivity (Wildman–Crippen MR) is 103 cm³/mol. The number of nitrogens with one attached hydrogen (secondary N) is 1. The normalized spacial score (nSPS) is 10.9. The zero-order chi connectivity index (χ0) is 18.6. The lowest BCUT2D eigenvalue weighted by molar-refractivity contribution is 0.102. The maximum Gasteiger partial charge on any atom is 0.280 e. The van der Waals surface area contributed by atoms with Crippen LogP contribution < -0.4 is 5.32 Å². The number of furan rings is 1. The van der Waals surface area contributed by atoms with Gasteiger partial charge in [-0.15, -0.1) is 15.3 Å². The van der Waals surface area contributed by atoms with Crippen LogP contribution in [-0.2, 0) is 0 Å². The van der Waals surface area contributed by atoms with E-state index in [1.165, 1.54) is 11.3 Å². The number of hydrogen-bond donors (Lipinski definition) is 1. The van der Waals surface area contributed by atoms with Crippen molar-refractivity contribution in [3.05, 3.63) is 54.4 Å². The van der Waals surface area contributed by atoms with Gasteiger partial charge in [0.2, 0.25) is 5.13 Å². The maximum atomic E-state index is 12.8. The van der Waals surface area contributed by atoms with E-state index >= 15 is 0 Å². The summed E-state index contributed by atoms with van der Waals surface area (Å²) in [6, 6.07) is 12.9. The van der Waals surface area contributed by atoms with Gasteiger partial charge in [0.1, 0.15) is 5.69 Å². The van der Waals surface area contributed by atoms with E-state index in [9.17, 15) is 4.79 Å². The van der Waals surface area contributed by atoms with Crippen molar-refractivity contribution < 1.29 is 9.21 Å². The molecule has 136 valence electrons. The van der Waals surface area contributed by atoms with Crippen LogP contribution in [0, 0.1) is 0 Å². The Labute approximate surface area is 162 Å². The molecule has 0 atom stereocenters. The fourth-order valence-electron chi connectivity index (χ4n) is 2.42. The molecule has 27 heavy (non-hydrogen) atoms. The van der Waals surface area contributed by atoms with E-state index in [0.29, 0.717) is 16.6 Å². The van der Waals surface area contributed by atoms with Crippen molar-refractivity contribution in [2.45, 2.75) is 11.3 Å². The number of para-hydroxylation sites is 1. The van der Waals surface area contributed by atoms with Crippen LogP contribution in [0.5, 0.6) is 0 Å². The van der Waals surface area contributed by atoms with Gasteiger partial charge in [0.25, 0.3) is 5.91 Å². The fraction of sp³-hybridized carbons (Fsp3) is 0.118. The Kier molecular flexibility index (Phi) is 4.99. The molecule has 10 heteroatoms. The number of aromatic nitrogens is 5. The Balaban J connectivity index is 1.70. The molecule has 1 N–H and O–H groups in total. The molecule has 3 aromatic heterocycles. The molecule has 0 aliphatic carbocycles. The first-order valence-corrected chi connectivity index (χ1v) is 9.89. The van der Waals surface area contributed by atoms with Crippen LogP contribution in [0.2, 0.25) is 0 Å². The summed E-state index contributed by atoms with van der Waals surface area (Å²) in [7, 11) is 0. The minimum atomic E-state index is -0.423. The van der Waals surface area contributed by atoms with Gasteiger partial charge in [-0.25, -0.2) is 4.68 Å². The van der Waals surface area contributed by atoms with Gasteiger partial charge in [0.05, 0.1) is 12.0 Å². The highest BCUT2D eigenvalue weighted by Crippen LogP contribution is 2.28. The number of carbonyl (C=O) groups is 1. The van der Waals surface area contributed by atoms with Crippen molar-refractivity contribution in [2.24, 2.45) is 0 Å². The van der Waals surface area contributed by atoms with Crippen LogP contribution in [0.1, 0.15) is 17.4 Å². The van der Waals surface area contributed by atoms with Gasteiger partial charge in [-0.3, -0.25) is 10.1 Å². The Morgan fingerprint density at radius 1 is 1.19 bits per heavy atom. The van der Waals surface area contributed by atoms with Gasteiger partial charge in [0.15, 0.2) is 15.8 Å². The average Bonchev–Trinajstić information content (AvgIpc) is 3.43. The molecule has 8 nitrogen and oxygen atoms in total. The van der Waals surface area contributed by atoms with E-state index in [1.54, 1.807) is 34.8 Å². The first-order valence-electron chi connectivity index (χ1n) is 8.09. The zero-order valence-electron chi connectivity index (χ0n) is 14.2. The average molecular weight is 398 g/mol. The Bertz CT molecular complexity index is 1040. The summed E-state index contributed by atoms with van der Waals surface area (Å²) in [5.41, 5.74) is 1.39. The number of nitrogens with zero attached hydrogens (tertiary/aromatic N) is 5. The molecule has 1 amide bonds. The summed E-state index contributed by atoms with van der Waals surface area (Å²) in [4.78, 5) is 12.8. The van der Waals surface area contributed by atoms with Crippen molar-refractivity contribution in [3.63, 3.8) is 0 Å². The molecule has 0 bridgehead atoms. The lowest BCUT2D eigenvalue weighted by atomic mass is 10.2. The first kappa shape index (κ1) is 17.4. The summed E-state index contributed by atoms with van der Waals surface area (Å²) >= 11 is 2.89. The number of amides is 1. The fourth-order valence-corrected chi connectivity index (χ4v) is 4.06. The molecule has 0 saturated heterocycles. The molecular weight excluding hydrogens is 384 g/mol. The summed E-state index contributed by atoms with van der Waals surface area (Å²) in [6.07, 6.45) is 1.54. The highest BCUT2D eigenvalue weighted by Gasteiger charge is 2.24. The second-order valence-electron chi connectivity index (χ2n) is 5.27. The van der Waals surface area contributed by atoms with E-state index < -0.39 is 5.91 Å². The van der Waals surface area contributed by atoms with E-state index in [2.05, 4.69) is 25.8 Å². The molecule has 0 unspecified atom stereocenters. The standard InChI is InChI=1S/C17H14N6O2S2/c1-2-26-17-21-20-16(27-17)18-15(24)13-14(12-9-6-10-25-12)23(22-19-13)11-7-4-3-5-8-11/h3-10H,2H2,1H3,(H,18,20,24). The van der Waals surface area contributed by atoms with Gasteiger partial charge >= 0.3 is 0 Å². The summed E-state index contributed by atoms with van der Waals surface area (Å²) in [5.74, 6) is 0.956. The minimum absolute atomic E-state index is 0.147. The van der Waals surface area contributed by atoms with E-state index in [1.807, 2.05) is 37.3 Å². The number of rotatable bonds is 6. The SMILES string of the molecule is CCSc1nnc(NC(=O)c2nnn(-c3ccccc3)c2-c2ccco2)s1. The number of carbonyl (C=O) groups excluding carboxylic acids is 1. The number of anilines is 1. The number of benzene rings is 1. The largest absolute Gasteiger partial charge is 0.463 e. The molecule has 4 rings (SSSR count). The van der Waals surface area contributed by atoms with Crippen molar-refractivity contribution >= 4 is 34.1 Å². The molecule has 4 aromatic rings. The Hall–Kier alpha value is -2.98. The summed E-state index contributed by atoms with van der Waals surface area (Å²) in [6.45, 7) is 2.03. The van der Waals surface area contributed by atoms with Crippen molar-refractivity contribution in [1.82, 2.24) is 25.2 Å². The maximum absolute atomic E-state index is 12.8. The third-order valence-electron chi connectivity index (χ3n) is 3.54. The van der Waals surface area contributed by atoms with Crippen molar-refractivity contribution in [1.29, 1.82) is 0 Å². The van der Waals surface area contributed by atoms with Gasteiger partial charge in [-0.2, -0.15) is 0 Å². The molecule has 0 radical (unpaired) electrons. The van der Waals surface area contributed by atoms with Crippen LogP contribution in [0.4, 0.5) is 5.13 Å². The van der Waals surface area contributed by atoms with Gasteiger partial charge in [-0.1, -0.05) is 53.4 Å². The highest BCUT2D eigenvalue weighted by atomic mass is 32.2. The zero-order valence-corrected chi connectivity index (χ0v) is 15.8. The molecule has 0 aliphatic heterocycles. The molecule has 0 spiro atoms. The van der Waals surface area contributed by atoms with Crippen LogP contribution in [0.25, 0.3) is 17.1 Å². The smallest absolute Gasteiger partial charge is 0.280 e. The quantitative estimate of drug-likeness (QED) is 0.390.